The number of H-pyrrole nitrogens is 1. The molecule has 1 saturated carbocycles. The topological polar surface area (TPSA) is 70.7 Å². The van der Waals surface area contributed by atoms with E-state index >= 15 is 0 Å². The Morgan fingerprint density at radius 1 is 1.37 bits per heavy atom. The van der Waals surface area contributed by atoms with Gasteiger partial charge >= 0.3 is 0 Å². The van der Waals surface area contributed by atoms with Crippen LogP contribution in [0.3, 0.4) is 0 Å². The van der Waals surface area contributed by atoms with Crippen LogP contribution >= 0.6 is 23.2 Å². The molecule has 1 heterocycles. The second-order valence-corrected chi connectivity index (χ2v) is 5.26. The van der Waals surface area contributed by atoms with Gasteiger partial charge in [-0.25, -0.2) is 5.10 Å². The number of nitrogens with zero attached hydrogens (tertiary/aromatic N) is 2. The normalized spacial score (nSPS) is 21.2. The molecule has 1 aliphatic rings. The molecule has 0 saturated heterocycles. The van der Waals surface area contributed by atoms with Crippen LogP contribution in [0.4, 0.5) is 5.95 Å². The molecule has 1 aromatic heterocycles. The van der Waals surface area contributed by atoms with Crippen molar-refractivity contribution in [3.8, 4) is 0 Å². The number of nitrogens with one attached hydrogen (secondary N) is 2. The van der Waals surface area contributed by atoms with Crippen LogP contribution in [0, 0.1) is 5.92 Å². The first-order valence-corrected chi connectivity index (χ1v) is 6.52. The third-order valence-electron chi connectivity index (χ3n) is 3.16. The number of aromatic amines is 1. The number of hydrogen-bond acceptors (Lipinski definition) is 3. The predicted octanol–water partition coefficient (Wildman–Crippen LogP) is 2.85. The van der Waals surface area contributed by atoms with Gasteiger partial charge in [0.15, 0.2) is 0 Å². The lowest BCUT2D eigenvalue weighted by Crippen LogP contribution is -2.15. The molecule has 7 heteroatoms. The number of halogens is 2. The maximum atomic E-state index is 12.0. The summed E-state index contributed by atoms with van der Waals surface area (Å²) in [6.45, 7) is 0. The zero-order chi connectivity index (χ0) is 13.4. The van der Waals surface area contributed by atoms with Crippen LogP contribution in [-0.4, -0.2) is 21.1 Å². The van der Waals surface area contributed by atoms with Crippen LogP contribution in [0.1, 0.15) is 17.9 Å². The minimum absolute atomic E-state index is 0.0534. The summed E-state index contributed by atoms with van der Waals surface area (Å²) in [5, 5.41) is 9.98. The van der Waals surface area contributed by atoms with E-state index in [-0.39, 0.29) is 17.7 Å². The van der Waals surface area contributed by atoms with Crippen LogP contribution in [0.2, 0.25) is 10.0 Å². The van der Waals surface area contributed by atoms with Crippen molar-refractivity contribution in [2.75, 3.05) is 5.32 Å². The highest BCUT2D eigenvalue weighted by atomic mass is 35.5. The standard InChI is InChI=1S/C12H10Cl2N4O/c13-9-2-1-6(3-10(9)14)7-4-8(7)11(19)17-12-15-5-16-18-12/h1-3,5,7-8H,4H2,(H2,15,16,17,18,19). The summed E-state index contributed by atoms with van der Waals surface area (Å²) in [6, 6.07) is 5.47. The fourth-order valence-electron chi connectivity index (χ4n) is 2.07. The van der Waals surface area contributed by atoms with Crippen LogP contribution < -0.4 is 5.32 Å². The van der Waals surface area contributed by atoms with Gasteiger partial charge in [0.05, 0.1) is 10.0 Å². The summed E-state index contributed by atoms with van der Waals surface area (Å²) in [5.41, 5.74) is 1.03. The summed E-state index contributed by atoms with van der Waals surface area (Å²) in [7, 11) is 0. The van der Waals surface area contributed by atoms with Gasteiger partial charge in [0.1, 0.15) is 6.33 Å². The van der Waals surface area contributed by atoms with E-state index in [2.05, 4.69) is 20.5 Å². The highest BCUT2D eigenvalue weighted by Crippen LogP contribution is 2.48. The SMILES string of the molecule is O=C(Nc1ncn[nH]1)C1CC1c1ccc(Cl)c(Cl)c1. The smallest absolute Gasteiger partial charge is 0.230 e. The third-order valence-corrected chi connectivity index (χ3v) is 3.89. The maximum Gasteiger partial charge on any atom is 0.230 e. The molecule has 0 aliphatic heterocycles. The van der Waals surface area contributed by atoms with Crippen LogP contribution in [0.25, 0.3) is 0 Å². The van der Waals surface area contributed by atoms with Crippen molar-refractivity contribution in [2.45, 2.75) is 12.3 Å². The van der Waals surface area contributed by atoms with Crippen molar-refractivity contribution in [1.29, 1.82) is 0 Å². The minimum atomic E-state index is -0.0622. The maximum absolute atomic E-state index is 12.0. The second-order valence-electron chi connectivity index (χ2n) is 4.45. The second kappa shape index (κ2) is 4.83. The fourth-order valence-corrected chi connectivity index (χ4v) is 2.38. The van der Waals surface area contributed by atoms with Crippen molar-refractivity contribution < 1.29 is 4.79 Å². The zero-order valence-corrected chi connectivity index (χ0v) is 11.2. The first-order chi connectivity index (χ1) is 9.15. The molecule has 0 spiro atoms. The summed E-state index contributed by atoms with van der Waals surface area (Å²) in [5.74, 6) is 0.442. The van der Waals surface area contributed by atoms with Crippen molar-refractivity contribution in [3.05, 3.63) is 40.1 Å². The number of anilines is 1. The van der Waals surface area contributed by atoms with Gasteiger partial charge in [-0.05, 0) is 30.0 Å². The van der Waals surface area contributed by atoms with Crippen LogP contribution in [0.15, 0.2) is 24.5 Å². The van der Waals surface area contributed by atoms with E-state index in [1.165, 1.54) is 6.33 Å². The number of rotatable bonds is 3. The highest BCUT2D eigenvalue weighted by Gasteiger charge is 2.44. The van der Waals surface area contributed by atoms with Gasteiger partial charge in [0.25, 0.3) is 0 Å². The molecule has 3 rings (SSSR count). The van der Waals surface area contributed by atoms with E-state index in [0.29, 0.717) is 16.0 Å². The number of benzene rings is 1. The number of aromatic nitrogens is 3. The molecule has 2 N–H and O–H groups in total. The Kier molecular flexibility index (Phi) is 3.16. The van der Waals surface area contributed by atoms with Gasteiger partial charge in [-0.15, -0.1) is 0 Å². The van der Waals surface area contributed by atoms with E-state index in [9.17, 15) is 4.79 Å². The first-order valence-electron chi connectivity index (χ1n) is 5.76. The molecular weight excluding hydrogens is 287 g/mol. The number of hydrogen-bond donors (Lipinski definition) is 2. The molecule has 2 unspecified atom stereocenters. The van der Waals surface area contributed by atoms with E-state index in [1.807, 2.05) is 12.1 Å². The molecular formula is C12H10Cl2N4O. The van der Waals surface area contributed by atoms with E-state index < -0.39 is 0 Å². The third kappa shape index (κ3) is 2.57. The quantitative estimate of drug-likeness (QED) is 0.915. The monoisotopic (exact) mass is 296 g/mol. The van der Waals surface area contributed by atoms with E-state index in [4.69, 9.17) is 23.2 Å². The lowest BCUT2D eigenvalue weighted by Gasteiger charge is -2.03. The van der Waals surface area contributed by atoms with Crippen molar-refractivity contribution in [2.24, 2.45) is 5.92 Å². The molecule has 1 fully saturated rings. The molecule has 0 radical (unpaired) electrons. The van der Waals surface area contributed by atoms with Gasteiger partial charge in [0.2, 0.25) is 11.9 Å². The molecule has 19 heavy (non-hydrogen) atoms. The predicted molar refractivity (Wildman–Crippen MR) is 72.3 cm³/mol. The molecule has 1 amide bonds. The Balaban J connectivity index is 1.67. The Bertz CT molecular complexity index is 614. The summed E-state index contributed by atoms with van der Waals surface area (Å²) in [6.07, 6.45) is 2.15. The minimum Gasteiger partial charge on any atom is -0.295 e. The van der Waals surface area contributed by atoms with Gasteiger partial charge in [-0.1, -0.05) is 29.3 Å². The highest BCUT2D eigenvalue weighted by molar-refractivity contribution is 6.42. The summed E-state index contributed by atoms with van der Waals surface area (Å²) >= 11 is 11.8. The Morgan fingerprint density at radius 3 is 2.89 bits per heavy atom. The average molecular weight is 297 g/mol. The first kappa shape index (κ1) is 12.4. The summed E-state index contributed by atoms with van der Waals surface area (Å²) < 4.78 is 0. The fraction of sp³-hybridized carbons (Fsp3) is 0.250. The van der Waals surface area contributed by atoms with Gasteiger partial charge in [-0.3, -0.25) is 10.1 Å². The molecule has 1 aliphatic carbocycles. The van der Waals surface area contributed by atoms with Crippen molar-refractivity contribution >= 4 is 35.1 Å². The largest absolute Gasteiger partial charge is 0.295 e. The van der Waals surface area contributed by atoms with Crippen LogP contribution in [-0.2, 0) is 4.79 Å². The summed E-state index contributed by atoms with van der Waals surface area (Å²) in [4.78, 5) is 15.8. The van der Waals surface area contributed by atoms with Gasteiger partial charge in [-0.2, -0.15) is 10.1 Å². The van der Waals surface area contributed by atoms with E-state index in [0.717, 1.165) is 12.0 Å². The molecule has 0 bridgehead atoms. The zero-order valence-electron chi connectivity index (χ0n) is 9.73. The Morgan fingerprint density at radius 2 is 2.21 bits per heavy atom. The Hall–Kier alpha value is -1.59. The Labute approximate surface area is 119 Å². The van der Waals surface area contributed by atoms with Crippen molar-refractivity contribution in [1.82, 2.24) is 15.2 Å². The molecule has 5 nitrogen and oxygen atoms in total. The van der Waals surface area contributed by atoms with Gasteiger partial charge < -0.3 is 0 Å². The lowest BCUT2D eigenvalue weighted by molar-refractivity contribution is -0.117. The molecule has 98 valence electrons. The number of carbonyl (C=O) groups is 1. The lowest BCUT2D eigenvalue weighted by atomic mass is 10.1. The number of amides is 1. The average Bonchev–Trinajstić information content (AvgIpc) is 3.04. The molecule has 1 aromatic carbocycles. The molecule has 2 atom stereocenters. The van der Waals surface area contributed by atoms with E-state index in [1.54, 1.807) is 6.07 Å². The molecule has 2 aromatic rings. The van der Waals surface area contributed by atoms with Crippen LogP contribution in [0.5, 0.6) is 0 Å². The van der Waals surface area contributed by atoms with Crippen molar-refractivity contribution in [3.63, 3.8) is 0 Å². The van der Waals surface area contributed by atoms with Gasteiger partial charge in [0, 0.05) is 5.92 Å². The number of carbonyl (C=O) groups excluding carboxylic acids is 1.